The van der Waals surface area contributed by atoms with E-state index in [1.165, 1.54) is 109 Å². The Morgan fingerprint density at radius 1 is 0.854 bits per heavy atom. The van der Waals surface area contributed by atoms with Gasteiger partial charge in [0.1, 0.15) is 0 Å². The summed E-state index contributed by atoms with van der Waals surface area (Å²) in [5, 5.41) is 6.33. The quantitative estimate of drug-likeness (QED) is 0.0769. The number of ether oxygens (including phenoxy) is 1. The number of hydrogen-bond donors (Lipinski definition) is 2. The van der Waals surface area contributed by atoms with Crippen LogP contribution in [0.5, 0.6) is 0 Å². The fraction of sp³-hybridized carbons (Fsp3) is 0.886. The van der Waals surface area contributed by atoms with Crippen molar-refractivity contribution >= 4 is 19.0 Å². The second-order valence-electron chi connectivity index (χ2n) is 14.1. The smallest absolute Gasteiger partial charge is 0.243 e. The molecule has 1 aliphatic carbocycles. The predicted octanol–water partition coefficient (Wildman–Crippen LogP) is 9.25. The lowest BCUT2D eigenvalue weighted by Gasteiger charge is -2.31. The molecule has 6 heteroatoms. The minimum absolute atomic E-state index is 0.000976. The Labute approximate surface area is 255 Å². The monoisotopic (exact) mass is 575 g/mol. The molecule has 1 fully saturated rings. The predicted molar refractivity (Wildman–Crippen MR) is 178 cm³/mol. The normalized spacial score (nSPS) is 15.6. The summed E-state index contributed by atoms with van der Waals surface area (Å²) in [7, 11) is 0.655. The van der Waals surface area contributed by atoms with Crippen molar-refractivity contribution in [2.24, 2.45) is 5.92 Å². The Kier molecular flexibility index (Phi) is 20.5. The van der Waals surface area contributed by atoms with Crippen LogP contribution in [0.1, 0.15) is 164 Å². The molecule has 1 aliphatic rings. The first-order chi connectivity index (χ1) is 19.6. The largest absolute Gasteiger partial charge is 0.375 e. The number of amides is 2. The van der Waals surface area contributed by atoms with Crippen LogP contribution in [-0.2, 0) is 9.53 Å². The number of carbonyl (C=O) groups is 2. The van der Waals surface area contributed by atoms with Crippen molar-refractivity contribution in [1.82, 2.24) is 10.6 Å². The van der Waals surface area contributed by atoms with Gasteiger partial charge in [0.05, 0.1) is 5.60 Å². The molecule has 1 saturated carbocycles. The molecule has 0 radical (unpaired) electrons. The topological polar surface area (TPSA) is 67.4 Å². The Hall–Kier alpha value is -1.30. The summed E-state index contributed by atoms with van der Waals surface area (Å²) in [4.78, 5) is 25.3. The second kappa shape index (κ2) is 22.3. The van der Waals surface area contributed by atoms with Gasteiger partial charge < -0.3 is 15.4 Å². The van der Waals surface area contributed by atoms with Gasteiger partial charge in [0.25, 0.3) is 0 Å². The van der Waals surface area contributed by atoms with Crippen molar-refractivity contribution in [2.45, 2.75) is 180 Å². The molecule has 2 amide bonds. The molecule has 0 aromatic heterocycles. The molecule has 0 spiro atoms. The summed E-state index contributed by atoms with van der Waals surface area (Å²) in [5.41, 5.74) is -0.631. The summed E-state index contributed by atoms with van der Waals surface area (Å²) in [6, 6.07) is 0. The molecule has 41 heavy (non-hydrogen) atoms. The maximum atomic E-state index is 12.7. The fourth-order valence-electron chi connectivity index (χ4n) is 5.93. The van der Waals surface area contributed by atoms with Crippen LogP contribution in [0, 0.1) is 5.92 Å². The minimum Gasteiger partial charge on any atom is -0.375 e. The van der Waals surface area contributed by atoms with Gasteiger partial charge in [-0.15, -0.1) is 0 Å². The average Bonchev–Trinajstić information content (AvgIpc) is 2.87. The molecule has 0 heterocycles. The number of unbranched alkanes of at least 4 members (excludes halogenated alkanes) is 6. The zero-order valence-corrected chi connectivity index (χ0v) is 28.1. The van der Waals surface area contributed by atoms with Crippen molar-refractivity contribution in [1.29, 1.82) is 0 Å². The number of allylic oxidation sites excluding steroid dienone is 1. The third-order valence-electron chi connectivity index (χ3n) is 8.80. The molecule has 0 aromatic carbocycles. The minimum atomic E-state index is -0.336. The molecular weight excluding hydrogens is 507 g/mol. The third kappa shape index (κ3) is 21.1. The molecule has 1 rings (SSSR count). The van der Waals surface area contributed by atoms with E-state index >= 15 is 0 Å². The van der Waals surface area contributed by atoms with E-state index in [2.05, 4.69) is 58.3 Å². The molecule has 0 aromatic rings. The van der Waals surface area contributed by atoms with Crippen molar-refractivity contribution < 1.29 is 14.3 Å². The van der Waals surface area contributed by atoms with E-state index in [0.29, 0.717) is 32.2 Å². The summed E-state index contributed by atoms with van der Waals surface area (Å²) in [5.74, 6) is 1.23. The van der Waals surface area contributed by atoms with Crippen LogP contribution >= 0.6 is 0 Å². The van der Waals surface area contributed by atoms with E-state index in [-0.39, 0.29) is 22.9 Å². The van der Waals surface area contributed by atoms with Crippen molar-refractivity contribution in [3.63, 3.8) is 0 Å². The van der Waals surface area contributed by atoms with Crippen molar-refractivity contribution in [3.8, 4) is 0 Å². The molecule has 0 saturated heterocycles. The Morgan fingerprint density at radius 2 is 1.44 bits per heavy atom. The number of hydrogen-bond acceptors (Lipinski definition) is 3. The summed E-state index contributed by atoms with van der Waals surface area (Å²) >= 11 is 0. The lowest BCUT2D eigenvalue weighted by Crippen LogP contribution is -2.46. The van der Waals surface area contributed by atoms with Gasteiger partial charge in [-0.25, -0.2) is 0 Å². The van der Waals surface area contributed by atoms with E-state index < -0.39 is 0 Å². The van der Waals surface area contributed by atoms with Crippen molar-refractivity contribution in [3.05, 3.63) is 12.2 Å². The van der Waals surface area contributed by atoms with Gasteiger partial charge in [0, 0.05) is 18.7 Å². The van der Waals surface area contributed by atoms with E-state index in [4.69, 9.17) is 4.74 Å². The Morgan fingerprint density at radius 3 is 2.02 bits per heavy atom. The van der Waals surface area contributed by atoms with Gasteiger partial charge in [0.2, 0.25) is 13.2 Å². The van der Waals surface area contributed by atoms with E-state index in [1.807, 2.05) is 0 Å². The lowest BCUT2D eigenvalue weighted by atomic mass is 9.59. The van der Waals surface area contributed by atoms with Crippen LogP contribution in [0.3, 0.4) is 0 Å². The van der Waals surface area contributed by atoms with Gasteiger partial charge in [-0.2, -0.15) is 0 Å². The first kappa shape index (κ1) is 37.7. The van der Waals surface area contributed by atoms with Crippen molar-refractivity contribution in [2.75, 3.05) is 13.2 Å². The summed E-state index contributed by atoms with van der Waals surface area (Å²) in [6.45, 7) is 14.0. The highest BCUT2D eigenvalue weighted by atomic mass is 16.5. The SMILES string of the molecule is CCCCCCC(/C=C/C(=O)NCCC(C)(C)OCCC(C)(C)NC(=O)BC1CCCCCCC1)CCCCCC. The fourth-order valence-corrected chi connectivity index (χ4v) is 5.93. The highest BCUT2D eigenvalue weighted by molar-refractivity contribution is 6.74. The molecule has 0 bridgehead atoms. The van der Waals surface area contributed by atoms with Gasteiger partial charge in [-0.1, -0.05) is 122 Å². The molecule has 0 aliphatic heterocycles. The van der Waals surface area contributed by atoms with Crippen LogP contribution in [0.2, 0.25) is 5.82 Å². The standard InChI is InChI=1S/C35H67BN2O3/c1-7-9-11-16-20-30(21-17-12-10-8-2)24-25-32(39)37-28-26-35(5,6)41-29-27-34(3,4)38-33(40)36-31-22-18-14-13-15-19-23-31/h24-25,30-31,36H,7-23,26-29H2,1-6H3,(H,37,39)(H,38,40)/b25-24+. The van der Waals surface area contributed by atoms with Crippen LogP contribution in [0.4, 0.5) is 4.79 Å². The van der Waals surface area contributed by atoms with Crippen LogP contribution in [0.15, 0.2) is 12.2 Å². The van der Waals surface area contributed by atoms with Crippen LogP contribution < -0.4 is 10.6 Å². The highest BCUT2D eigenvalue weighted by Crippen LogP contribution is 2.26. The van der Waals surface area contributed by atoms with Crippen LogP contribution in [-0.4, -0.2) is 43.3 Å². The molecule has 2 N–H and O–H groups in total. The maximum absolute atomic E-state index is 12.7. The number of carbonyl (C=O) groups excluding carboxylic acids is 2. The molecular formula is C35H67BN2O3. The highest BCUT2D eigenvalue weighted by Gasteiger charge is 2.25. The lowest BCUT2D eigenvalue weighted by molar-refractivity contribution is -0.116. The average molecular weight is 575 g/mol. The van der Waals surface area contributed by atoms with E-state index in [0.717, 1.165) is 12.8 Å². The number of nitrogens with one attached hydrogen (secondary N) is 2. The summed E-state index contributed by atoms with van der Waals surface area (Å²) < 4.78 is 6.21. The third-order valence-corrected chi connectivity index (χ3v) is 8.80. The number of rotatable bonds is 22. The molecule has 238 valence electrons. The van der Waals surface area contributed by atoms with Gasteiger partial charge in [-0.3, -0.25) is 9.59 Å². The van der Waals surface area contributed by atoms with Gasteiger partial charge in [0.15, 0.2) is 5.81 Å². The van der Waals surface area contributed by atoms with E-state index in [9.17, 15) is 9.59 Å². The first-order valence-corrected chi connectivity index (χ1v) is 17.5. The zero-order valence-electron chi connectivity index (χ0n) is 28.1. The Bertz CT molecular complexity index is 702. The summed E-state index contributed by atoms with van der Waals surface area (Å²) in [6.07, 6.45) is 26.9. The molecule has 0 atom stereocenters. The first-order valence-electron chi connectivity index (χ1n) is 17.5. The van der Waals surface area contributed by atoms with E-state index in [1.54, 1.807) is 6.08 Å². The van der Waals surface area contributed by atoms with Crippen LogP contribution in [0.25, 0.3) is 0 Å². The second-order valence-corrected chi connectivity index (χ2v) is 14.1. The van der Waals surface area contributed by atoms with Gasteiger partial charge in [-0.05, 0) is 65.4 Å². The molecule has 0 unspecified atom stereocenters. The van der Waals surface area contributed by atoms with Gasteiger partial charge >= 0.3 is 0 Å². The maximum Gasteiger partial charge on any atom is 0.243 e. The zero-order chi connectivity index (χ0) is 30.4. The molecule has 5 nitrogen and oxygen atoms in total. The Balaban J connectivity index is 2.35.